The van der Waals surface area contributed by atoms with E-state index in [2.05, 4.69) is 10.2 Å². The van der Waals surface area contributed by atoms with Crippen LogP contribution in [0.15, 0.2) is 30.3 Å². The van der Waals surface area contributed by atoms with E-state index in [0.717, 1.165) is 24.9 Å². The molecular formula is C17H24N2O4. The maximum atomic E-state index is 12.5. The maximum Gasteiger partial charge on any atom is 0.326 e. The van der Waals surface area contributed by atoms with Crippen molar-refractivity contribution >= 4 is 11.9 Å². The van der Waals surface area contributed by atoms with E-state index < -0.39 is 12.0 Å². The van der Waals surface area contributed by atoms with Gasteiger partial charge in [-0.15, -0.1) is 0 Å². The molecule has 1 amide bonds. The van der Waals surface area contributed by atoms with Crippen LogP contribution < -0.4 is 5.32 Å². The second-order valence-corrected chi connectivity index (χ2v) is 5.79. The van der Waals surface area contributed by atoms with Gasteiger partial charge in [-0.05, 0) is 24.9 Å². The molecule has 0 bridgehead atoms. The fourth-order valence-electron chi connectivity index (χ4n) is 2.89. The van der Waals surface area contributed by atoms with Crippen molar-refractivity contribution in [2.75, 3.05) is 20.3 Å². The summed E-state index contributed by atoms with van der Waals surface area (Å²) in [7, 11) is 1.51. The standard InChI is InChI=1S/C17H24N2O4/c1-23-11-9-14(17(21)22)18-16(20)15-8-5-10-19(15)12-13-6-3-2-4-7-13/h2-4,6-7,14-15H,5,8-12H2,1H3,(H,18,20)(H,21,22). The average Bonchev–Trinajstić information content (AvgIpc) is 3.00. The van der Waals surface area contributed by atoms with Gasteiger partial charge in [0.2, 0.25) is 5.91 Å². The zero-order chi connectivity index (χ0) is 16.7. The molecule has 23 heavy (non-hydrogen) atoms. The second kappa shape index (κ2) is 8.64. The van der Waals surface area contributed by atoms with Crippen LogP contribution >= 0.6 is 0 Å². The monoisotopic (exact) mass is 320 g/mol. The lowest BCUT2D eigenvalue weighted by molar-refractivity contribution is -0.143. The Bertz CT molecular complexity index is 521. The number of methoxy groups -OCH3 is 1. The number of carboxylic acids is 1. The van der Waals surface area contributed by atoms with Crippen molar-refractivity contribution in [3.63, 3.8) is 0 Å². The van der Waals surface area contributed by atoms with Gasteiger partial charge in [0, 0.05) is 26.7 Å². The van der Waals surface area contributed by atoms with E-state index in [9.17, 15) is 14.7 Å². The highest BCUT2D eigenvalue weighted by Crippen LogP contribution is 2.20. The number of hydrogen-bond acceptors (Lipinski definition) is 4. The SMILES string of the molecule is COCCC(NC(=O)C1CCCN1Cc1ccccc1)C(=O)O. The van der Waals surface area contributed by atoms with Gasteiger partial charge in [-0.25, -0.2) is 4.79 Å². The zero-order valence-corrected chi connectivity index (χ0v) is 13.4. The third kappa shape index (κ3) is 5.04. The predicted molar refractivity (Wildman–Crippen MR) is 85.9 cm³/mol. The summed E-state index contributed by atoms with van der Waals surface area (Å²) in [6.07, 6.45) is 1.97. The largest absolute Gasteiger partial charge is 0.480 e. The number of nitrogens with zero attached hydrogens (tertiary/aromatic N) is 1. The molecule has 1 heterocycles. The Morgan fingerprint density at radius 2 is 2.13 bits per heavy atom. The molecule has 1 aromatic carbocycles. The molecule has 1 saturated heterocycles. The average molecular weight is 320 g/mol. The summed E-state index contributed by atoms with van der Waals surface area (Å²) in [5.41, 5.74) is 1.15. The van der Waals surface area contributed by atoms with E-state index in [4.69, 9.17) is 4.74 Å². The number of benzene rings is 1. The van der Waals surface area contributed by atoms with Crippen molar-refractivity contribution in [3.8, 4) is 0 Å². The molecule has 0 aliphatic carbocycles. The fourth-order valence-corrected chi connectivity index (χ4v) is 2.89. The van der Waals surface area contributed by atoms with Gasteiger partial charge < -0.3 is 15.2 Å². The molecule has 1 aliphatic rings. The van der Waals surface area contributed by atoms with Crippen molar-refractivity contribution in [2.45, 2.75) is 37.9 Å². The predicted octanol–water partition coefficient (Wildman–Crippen LogP) is 1.26. The van der Waals surface area contributed by atoms with Crippen molar-refractivity contribution in [1.29, 1.82) is 0 Å². The van der Waals surface area contributed by atoms with Crippen LogP contribution in [0.25, 0.3) is 0 Å². The summed E-state index contributed by atoms with van der Waals surface area (Å²) in [4.78, 5) is 25.8. The summed E-state index contributed by atoms with van der Waals surface area (Å²) in [6.45, 7) is 1.85. The minimum absolute atomic E-state index is 0.207. The fraction of sp³-hybridized carbons (Fsp3) is 0.529. The van der Waals surface area contributed by atoms with Crippen LogP contribution in [-0.2, 0) is 20.9 Å². The normalized spacial score (nSPS) is 19.4. The summed E-state index contributed by atoms with van der Waals surface area (Å²) >= 11 is 0. The van der Waals surface area contributed by atoms with Crippen LogP contribution in [-0.4, -0.2) is 54.2 Å². The molecule has 126 valence electrons. The smallest absolute Gasteiger partial charge is 0.326 e. The van der Waals surface area contributed by atoms with Crippen molar-refractivity contribution < 1.29 is 19.4 Å². The number of nitrogens with one attached hydrogen (secondary N) is 1. The Balaban J connectivity index is 1.95. The van der Waals surface area contributed by atoms with Crippen LogP contribution in [0.2, 0.25) is 0 Å². The van der Waals surface area contributed by atoms with Gasteiger partial charge in [-0.1, -0.05) is 30.3 Å². The van der Waals surface area contributed by atoms with Crippen LogP contribution in [0.3, 0.4) is 0 Å². The van der Waals surface area contributed by atoms with Gasteiger partial charge in [-0.2, -0.15) is 0 Å². The highest BCUT2D eigenvalue weighted by Gasteiger charge is 2.32. The first-order valence-corrected chi connectivity index (χ1v) is 7.92. The highest BCUT2D eigenvalue weighted by molar-refractivity contribution is 5.87. The number of carbonyl (C=O) groups excluding carboxylic acids is 1. The first-order valence-electron chi connectivity index (χ1n) is 7.92. The second-order valence-electron chi connectivity index (χ2n) is 5.79. The van der Waals surface area contributed by atoms with Crippen LogP contribution in [0.1, 0.15) is 24.8 Å². The number of hydrogen-bond donors (Lipinski definition) is 2. The number of likely N-dealkylation sites (tertiary alicyclic amines) is 1. The molecule has 1 aromatic rings. The molecule has 0 radical (unpaired) electrons. The molecule has 6 nitrogen and oxygen atoms in total. The van der Waals surface area contributed by atoms with Gasteiger partial charge in [-0.3, -0.25) is 9.69 Å². The van der Waals surface area contributed by atoms with E-state index in [-0.39, 0.29) is 18.4 Å². The summed E-state index contributed by atoms with van der Waals surface area (Å²) in [5.74, 6) is -1.23. The van der Waals surface area contributed by atoms with Gasteiger partial charge >= 0.3 is 5.97 Å². The number of ether oxygens (including phenoxy) is 1. The Morgan fingerprint density at radius 1 is 1.39 bits per heavy atom. The molecule has 1 fully saturated rings. The zero-order valence-electron chi connectivity index (χ0n) is 13.4. The topological polar surface area (TPSA) is 78.9 Å². The quantitative estimate of drug-likeness (QED) is 0.754. The van der Waals surface area contributed by atoms with E-state index >= 15 is 0 Å². The van der Waals surface area contributed by atoms with Crippen LogP contribution in [0.5, 0.6) is 0 Å². The Morgan fingerprint density at radius 3 is 2.78 bits per heavy atom. The van der Waals surface area contributed by atoms with Crippen molar-refractivity contribution in [1.82, 2.24) is 10.2 Å². The van der Waals surface area contributed by atoms with E-state index in [0.29, 0.717) is 13.2 Å². The third-order valence-corrected chi connectivity index (χ3v) is 4.12. The lowest BCUT2D eigenvalue weighted by Gasteiger charge is -2.25. The molecule has 2 unspecified atom stereocenters. The Hall–Kier alpha value is -1.92. The Labute approximate surface area is 136 Å². The van der Waals surface area contributed by atoms with E-state index in [1.54, 1.807) is 0 Å². The minimum Gasteiger partial charge on any atom is -0.480 e. The molecular weight excluding hydrogens is 296 g/mol. The maximum absolute atomic E-state index is 12.5. The van der Waals surface area contributed by atoms with Gasteiger partial charge in [0.1, 0.15) is 6.04 Å². The van der Waals surface area contributed by atoms with Crippen molar-refractivity contribution in [2.24, 2.45) is 0 Å². The Kier molecular flexibility index (Phi) is 6.55. The van der Waals surface area contributed by atoms with E-state index in [1.165, 1.54) is 7.11 Å². The molecule has 2 N–H and O–H groups in total. The lowest BCUT2D eigenvalue weighted by Crippen LogP contribution is -2.49. The third-order valence-electron chi connectivity index (χ3n) is 4.12. The van der Waals surface area contributed by atoms with Crippen LogP contribution in [0.4, 0.5) is 0 Å². The molecule has 2 atom stereocenters. The number of carbonyl (C=O) groups is 2. The summed E-state index contributed by atoms with van der Waals surface area (Å²) in [6, 6.07) is 8.82. The van der Waals surface area contributed by atoms with Gasteiger partial charge in [0.25, 0.3) is 0 Å². The first kappa shape index (κ1) is 17.4. The molecule has 1 aliphatic heterocycles. The molecule has 0 aromatic heterocycles. The molecule has 6 heteroatoms. The molecule has 0 spiro atoms. The summed E-state index contributed by atoms with van der Waals surface area (Å²) in [5, 5.41) is 11.9. The number of rotatable bonds is 8. The minimum atomic E-state index is -1.02. The number of aliphatic carboxylic acids is 1. The number of amides is 1. The number of carboxylic acid groups (broad SMARTS) is 1. The van der Waals surface area contributed by atoms with Crippen LogP contribution in [0, 0.1) is 0 Å². The lowest BCUT2D eigenvalue weighted by atomic mass is 10.1. The van der Waals surface area contributed by atoms with Gasteiger partial charge in [0.15, 0.2) is 0 Å². The molecule has 2 rings (SSSR count). The first-order chi connectivity index (χ1) is 11.1. The van der Waals surface area contributed by atoms with Crippen molar-refractivity contribution in [3.05, 3.63) is 35.9 Å². The van der Waals surface area contributed by atoms with Gasteiger partial charge in [0.05, 0.1) is 6.04 Å². The molecule has 0 saturated carbocycles. The highest BCUT2D eigenvalue weighted by atomic mass is 16.5. The summed E-state index contributed by atoms with van der Waals surface area (Å²) < 4.78 is 4.90. The van der Waals surface area contributed by atoms with E-state index in [1.807, 2.05) is 30.3 Å².